The van der Waals surface area contributed by atoms with E-state index in [4.69, 9.17) is 0 Å². The van der Waals surface area contributed by atoms with E-state index in [0.29, 0.717) is 18.5 Å². The zero-order valence-electron chi connectivity index (χ0n) is 11.8. The second kappa shape index (κ2) is 6.20. The third-order valence-corrected chi connectivity index (χ3v) is 4.72. The van der Waals surface area contributed by atoms with Gasteiger partial charge < -0.3 is 10.2 Å². The number of hydrogen-bond acceptors (Lipinski definition) is 4. The minimum atomic E-state index is 0.343. The minimum absolute atomic E-state index is 0.343. The van der Waals surface area contributed by atoms with Crippen LogP contribution >= 0.6 is 0 Å². The molecule has 5 nitrogen and oxygen atoms in total. The first-order valence-corrected chi connectivity index (χ1v) is 7.78. The highest BCUT2D eigenvalue weighted by atomic mass is 16.2. The average molecular weight is 266 g/mol. The van der Waals surface area contributed by atoms with Crippen LogP contribution in [0.5, 0.6) is 0 Å². The van der Waals surface area contributed by atoms with Crippen molar-refractivity contribution >= 4 is 5.91 Å². The van der Waals surface area contributed by atoms with Crippen LogP contribution in [0.15, 0.2) is 0 Å². The number of hydrogen-bond donors (Lipinski definition) is 1. The monoisotopic (exact) mass is 266 g/mol. The maximum absolute atomic E-state index is 12.5. The zero-order valence-corrected chi connectivity index (χ0v) is 11.8. The van der Waals surface area contributed by atoms with E-state index >= 15 is 0 Å². The van der Waals surface area contributed by atoms with Crippen molar-refractivity contribution in [3.8, 4) is 0 Å². The summed E-state index contributed by atoms with van der Waals surface area (Å²) in [6.45, 7) is 9.02. The smallest absolute Gasteiger partial charge is 0.236 e. The van der Waals surface area contributed by atoms with Gasteiger partial charge in [0, 0.05) is 51.9 Å². The largest absolute Gasteiger partial charge is 0.340 e. The predicted octanol–water partition coefficient (Wildman–Crippen LogP) is -0.412. The van der Waals surface area contributed by atoms with Gasteiger partial charge in [-0.2, -0.15) is 0 Å². The number of rotatable bonds is 2. The fourth-order valence-electron chi connectivity index (χ4n) is 3.59. The van der Waals surface area contributed by atoms with Gasteiger partial charge in [0.15, 0.2) is 0 Å². The summed E-state index contributed by atoms with van der Waals surface area (Å²) in [5, 5.41) is 3.33. The first-order valence-electron chi connectivity index (χ1n) is 7.78. The number of carbonyl (C=O) groups is 1. The quantitative estimate of drug-likeness (QED) is 0.737. The second-order valence-corrected chi connectivity index (χ2v) is 6.05. The fourth-order valence-corrected chi connectivity index (χ4v) is 3.59. The molecular weight excluding hydrogens is 240 g/mol. The number of amides is 1. The van der Waals surface area contributed by atoms with Crippen molar-refractivity contribution in [2.24, 2.45) is 0 Å². The molecule has 3 fully saturated rings. The summed E-state index contributed by atoms with van der Waals surface area (Å²) < 4.78 is 0. The van der Waals surface area contributed by atoms with Crippen molar-refractivity contribution in [3.05, 3.63) is 0 Å². The Balaban J connectivity index is 1.53. The first kappa shape index (κ1) is 13.3. The van der Waals surface area contributed by atoms with Crippen molar-refractivity contribution in [2.45, 2.75) is 25.3 Å². The lowest BCUT2D eigenvalue weighted by atomic mass is 10.2. The van der Waals surface area contributed by atoms with Gasteiger partial charge in [-0.3, -0.25) is 14.6 Å². The SMILES string of the molecule is O=C(CN1CCNCC1)N1CCCN2CCCC2C1. The Morgan fingerprint density at radius 1 is 1.05 bits per heavy atom. The molecule has 3 rings (SSSR count). The summed E-state index contributed by atoms with van der Waals surface area (Å²) in [7, 11) is 0. The van der Waals surface area contributed by atoms with Gasteiger partial charge in [0.1, 0.15) is 0 Å². The normalized spacial score (nSPS) is 30.1. The molecule has 1 atom stereocenters. The molecule has 0 aromatic heterocycles. The zero-order chi connectivity index (χ0) is 13.1. The Morgan fingerprint density at radius 3 is 2.68 bits per heavy atom. The topological polar surface area (TPSA) is 38.8 Å². The summed E-state index contributed by atoms with van der Waals surface area (Å²) in [5.41, 5.74) is 0. The molecule has 108 valence electrons. The first-order chi connectivity index (χ1) is 9.33. The maximum Gasteiger partial charge on any atom is 0.236 e. The Labute approximate surface area is 115 Å². The molecule has 5 heteroatoms. The van der Waals surface area contributed by atoms with Gasteiger partial charge in [-0.15, -0.1) is 0 Å². The molecule has 0 spiro atoms. The number of nitrogens with one attached hydrogen (secondary N) is 1. The maximum atomic E-state index is 12.5. The summed E-state index contributed by atoms with van der Waals surface area (Å²) >= 11 is 0. The highest BCUT2D eigenvalue weighted by molar-refractivity contribution is 5.78. The van der Waals surface area contributed by atoms with Gasteiger partial charge >= 0.3 is 0 Å². The van der Waals surface area contributed by atoms with Gasteiger partial charge in [-0.1, -0.05) is 0 Å². The lowest BCUT2D eigenvalue weighted by Crippen LogP contribution is -2.49. The molecule has 3 aliphatic heterocycles. The molecule has 3 saturated heterocycles. The summed E-state index contributed by atoms with van der Waals surface area (Å²) in [4.78, 5) is 19.4. The molecular formula is C14H26N4O. The van der Waals surface area contributed by atoms with E-state index in [1.54, 1.807) is 0 Å². The molecule has 3 aliphatic rings. The van der Waals surface area contributed by atoms with Crippen molar-refractivity contribution in [1.82, 2.24) is 20.0 Å². The average Bonchev–Trinajstić information content (AvgIpc) is 2.77. The van der Waals surface area contributed by atoms with Gasteiger partial charge in [-0.05, 0) is 25.8 Å². The van der Waals surface area contributed by atoms with Crippen LogP contribution in [0.4, 0.5) is 0 Å². The lowest BCUT2D eigenvalue weighted by Gasteiger charge is -2.30. The van der Waals surface area contributed by atoms with Crippen LogP contribution in [0.2, 0.25) is 0 Å². The molecule has 0 aliphatic carbocycles. The van der Waals surface area contributed by atoms with Crippen LogP contribution in [-0.2, 0) is 4.79 Å². The second-order valence-electron chi connectivity index (χ2n) is 6.05. The van der Waals surface area contributed by atoms with Crippen LogP contribution in [0.25, 0.3) is 0 Å². The van der Waals surface area contributed by atoms with E-state index in [-0.39, 0.29) is 0 Å². The Hall–Kier alpha value is -0.650. The van der Waals surface area contributed by atoms with Crippen LogP contribution < -0.4 is 5.32 Å². The third-order valence-electron chi connectivity index (χ3n) is 4.72. The molecule has 0 aromatic rings. The number of carbonyl (C=O) groups excluding carboxylic acids is 1. The van der Waals surface area contributed by atoms with Crippen molar-refractivity contribution in [3.63, 3.8) is 0 Å². The number of nitrogens with zero attached hydrogens (tertiary/aromatic N) is 3. The van der Waals surface area contributed by atoms with Gasteiger partial charge in [0.25, 0.3) is 0 Å². The molecule has 0 saturated carbocycles. The molecule has 1 amide bonds. The lowest BCUT2D eigenvalue weighted by molar-refractivity contribution is -0.132. The van der Waals surface area contributed by atoms with Crippen molar-refractivity contribution in [2.75, 3.05) is 58.9 Å². The molecule has 0 aromatic carbocycles. The van der Waals surface area contributed by atoms with Crippen LogP contribution in [0.3, 0.4) is 0 Å². The van der Waals surface area contributed by atoms with E-state index < -0.39 is 0 Å². The Kier molecular flexibility index (Phi) is 4.35. The standard InChI is InChI=1S/C14H26N4O/c19-14(12-16-9-4-15-5-10-16)18-8-2-7-17-6-1-3-13(17)11-18/h13,15H,1-12H2. The molecule has 1 N–H and O–H groups in total. The molecule has 1 unspecified atom stereocenters. The molecule has 3 heterocycles. The molecule has 0 radical (unpaired) electrons. The van der Waals surface area contributed by atoms with Gasteiger partial charge in [-0.25, -0.2) is 0 Å². The summed E-state index contributed by atoms with van der Waals surface area (Å²) in [6, 6.07) is 0.634. The van der Waals surface area contributed by atoms with Crippen molar-refractivity contribution in [1.29, 1.82) is 0 Å². The van der Waals surface area contributed by atoms with E-state index in [9.17, 15) is 4.79 Å². The van der Waals surface area contributed by atoms with Crippen LogP contribution in [0.1, 0.15) is 19.3 Å². The highest BCUT2D eigenvalue weighted by Gasteiger charge is 2.30. The molecule has 0 bridgehead atoms. The summed E-state index contributed by atoms with van der Waals surface area (Å²) in [5.74, 6) is 0.343. The fraction of sp³-hybridized carbons (Fsp3) is 0.929. The van der Waals surface area contributed by atoms with Crippen LogP contribution in [-0.4, -0.2) is 85.6 Å². The Bertz CT molecular complexity index is 317. The van der Waals surface area contributed by atoms with E-state index in [1.165, 1.54) is 25.9 Å². The van der Waals surface area contributed by atoms with Gasteiger partial charge in [0.05, 0.1) is 6.54 Å². The van der Waals surface area contributed by atoms with E-state index in [0.717, 1.165) is 45.7 Å². The Morgan fingerprint density at radius 2 is 1.84 bits per heavy atom. The number of piperazine rings is 1. The van der Waals surface area contributed by atoms with Gasteiger partial charge in [0.2, 0.25) is 5.91 Å². The van der Waals surface area contributed by atoms with E-state index in [1.807, 2.05) is 0 Å². The summed E-state index contributed by atoms with van der Waals surface area (Å²) in [6.07, 6.45) is 3.73. The third kappa shape index (κ3) is 3.27. The predicted molar refractivity (Wildman–Crippen MR) is 75.1 cm³/mol. The van der Waals surface area contributed by atoms with Crippen molar-refractivity contribution < 1.29 is 4.79 Å². The highest BCUT2D eigenvalue weighted by Crippen LogP contribution is 2.21. The number of fused-ring (bicyclic) bond motifs is 1. The minimum Gasteiger partial charge on any atom is -0.340 e. The van der Waals surface area contributed by atoms with Crippen LogP contribution in [0, 0.1) is 0 Å². The van der Waals surface area contributed by atoms with E-state index in [2.05, 4.69) is 20.0 Å². The molecule has 19 heavy (non-hydrogen) atoms.